The zero-order valence-electron chi connectivity index (χ0n) is 16.7. The third kappa shape index (κ3) is 6.63. The Morgan fingerprint density at radius 2 is 1.88 bits per heavy atom. The zero-order chi connectivity index (χ0) is 23.1. The van der Waals surface area contributed by atoms with Gasteiger partial charge in [-0.1, -0.05) is 30.0 Å². The molecule has 168 valence electrons. The number of aromatic nitrogens is 3. The van der Waals surface area contributed by atoms with Crippen molar-refractivity contribution in [2.24, 2.45) is 0 Å². The number of rotatable bonds is 10. The highest BCUT2D eigenvalue weighted by molar-refractivity contribution is 9.10. The summed E-state index contributed by atoms with van der Waals surface area (Å²) in [6.07, 6.45) is 1.70. The van der Waals surface area contributed by atoms with E-state index in [1.165, 1.54) is 12.1 Å². The number of halogens is 4. The molecule has 1 heterocycles. The van der Waals surface area contributed by atoms with Gasteiger partial charge in [0, 0.05) is 22.8 Å². The maximum absolute atomic E-state index is 13.9. The van der Waals surface area contributed by atoms with E-state index in [9.17, 15) is 18.0 Å². The molecular formula is C21H18BrF3N4OS2. The topological polar surface area (TPSA) is 59.8 Å². The number of allylic oxidation sites excluding steroid dienone is 1. The molecule has 0 atom stereocenters. The summed E-state index contributed by atoms with van der Waals surface area (Å²) < 4.78 is 42.1. The smallest absolute Gasteiger partial charge is 0.234 e. The molecule has 32 heavy (non-hydrogen) atoms. The summed E-state index contributed by atoms with van der Waals surface area (Å²) in [5.74, 6) is -0.433. The van der Waals surface area contributed by atoms with Crippen LogP contribution in [0.4, 0.5) is 18.9 Å². The Kier molecular flexibility index (Phi) is 8.83. The maximum atomic E-state index is 13.9. The number of carbonyl (C=O) groups excluding carboxylic acids is 1. The van der Waals surface area contributed by atoms with Crippen molar-refractivity contribution in [1.82, 2.24) is 14.8 Å². The summed E-state index contributed by atoms with van der Waals surface area (Å²) in [4.78, 5) is 12.3. The Bertz CT molecular complexity index is 1090. The molecule has 0 unspecified atom stereocenters. The van der Waals surface area contributed by atoms with E-state index in [4.69, 9.17) is 0 Å². The van der Waals surface area contributed by atoms with Gasteiger partial charge in [0.15, 0.2) is 11.0 Å². The van der Waals surface area contributed by atoms with Gasteiger partial charge >= 0.3 is 0 Å². The molecule has 5 nitrogen and oxygen atoms in total. The van der Waals surface area contributed by atoms with Gasteiger partial charge in [-0.3, -0.25) is 4.79 Å². The van der Waals surface area contributed by atoms with Gasteiger partial charge in [0.05, 0.1) is 17.2 Å². The van der Waals surface area contributed by atoms with Crippen molar-refractivity contribution in [3.05, 3.63) is 82.4 Å². The largest absolute Gasteiger partial charge is 0.322 e. The molecule has 3 rings (SSSR count). The third-order valence-electron chi connectivity index (χ3n) is 4.12. The summed E-state index contributed by atoms with van der Waals surface area (Å²) in [5.41, 5.74) is 0.874. The fourth-order valence-corrected chi connectivity index (χ4v) is 4.85. The van der Waals surface area contributed by atoms with Crippen LogP contribution < -0.4 is 5.32 Å². The van der Waals surface area contributed by atoms with E-state index in [1.807, 2.05) is 4.57 Å². The van der Waals surface area contributed by atoms with Crippen molar-refractivity contribution in [2.75, 3.05) is 11.1 Å². The van der Waals surface area contributed by atoms with Crippen molar-refractivity contribution in [2.45, 2.75) is 23.2 Å². The molecule has 0 aliphatic heterocycles. The van der Waals surface area contributed by atoms with Crippen molar-refractivity contribution >= 4 is 51.0 Å². The first-order valence-electron chi connectivity index (χ1n) is 9.29. The minimum absolute atomic E-state index is 0.0404. The molecule has 0 saturated carbocycles. The number of thioether (sulfide) groups is 2. The number of benzene rings is 2. The molecule has 0 aliphatic carbocycles. The van der Waals surface area contributed by atoms with Crippen LogP contribution in [0.25, 0.3) is 0 Å². The van der Waals surface area contributed by atoms with Gasteiger partial charge in [0.1, 0.15) is 17.5 Å². The first kappa shape index (κ1) is 24.4. The zero-order valence-corrected chi connectivity index (χ0v) is 19.9. The van der Waals surface area contributed by atoms with E-state index in [2.05, 4.69) is 38.0 Å². The molecule has 3 aromatic rings. The van der Waals surface area contributed by atoms with E-state index < -0.39 is 17.5 Å². The minimum atomic E-state index is -0.870. The monoisotopic (exact) mass is 542 g/mol. The first-order valence-corrected chi connectivity index (χ1v) is 12.2. The highest BCUT2D eigenvalue weighted by Crippen LogP contribution is 2.28. The fourth-order valence-electron chi connectivity index (χ4n) is 2.65. The quantitative estimate of drug-likeness (QED) is 0.259. The van der Waals surface area contributed by atoms with Crippen LogP contribution in [0.2, 0.25) is 0 Å². The average molecular weight is 543 g/mol. The second-order valence-electron chi connectivity index (χ2n) is 6.50. The summed E-state index contributed by atoms with van der Waals surface area (Å²) >= 11 is 5.79. The van der Waals surface area contributed by atoms with Gasteiger partial charge in [0.2, 0.25) is 5.91 Å². The number of carbonyl (C=O) groups is 1. The summed E-state index contributed by atoms with van der Waals surface area (Å²) in [6.45, 7) is 4.21. The lowest BCUT2D eigenvalue weighted by atomic mass is 10.2. The van der Waals surface area contributed by atoms with Gasteiger partial charge in [-0.15, -0.1) is 28.5 Å². The number of nitrogens with zero attached hydrogens (tertiary/aromatic N) is 3. The second kappa shape index (κ2) is 11.6. The van der Waals surface area contributed by atoms with Crippen LogP contribution in [0, 0.1) is 17.5 Å². The lowest BCUT2D eigenvalue weighted by Gasteiger charge is -2.10. The van der Waals surface area contributed by atoms with Gasteiger partial charge in [0.25, 0.3) is 0 Å². The van der Waals surface area contributed by atoms with Gasteiger partial charge in [-0.05, 0) is 39.7 Å². The minimum Gasteiger partial charge on any atom is -0.322 e. The van der Waals surface area contributed by atoms with Crippen molar-refractivity contribution in [1.29, 1.82) is 0 Å². The molecule has 0 bridgehead atoms. The van der Waals surface area contributed by atoms with E-state index >= 15 is 0 Å². The molecular weight excluding hydrogens is 525 g/mol. The molecule has 1 amide bonds. The van der Waals surface area contributed by atoms with Gasteiger partial charge in [-0.2, -0.15) is 0 Å². The van der Waals surface area contributed by atoms with Crippen LogP contribution in [0.15, 0.2) is 58.7 Å². The molecule has 2 aromatic carbocycles. The molecule has 1 aromatic heterocycles. The lowest BCUT2D eigenvalue weighted by Crippen LogP contribution is -2.16. The van der Waals surface area contributed by atoms with E-state index in [1.54, 1.807) is 30.0 Å². The number of nitrogens with one attached hydrogen (secondary N) is 1. The van der Waals surface area contributed by atoms with Crippen LogP contribution in [-0.4, -0.2) is 26.4 Å². The number of amides is 1. The lowest BCUT2D eigenvalue weighted by molar-refractivity contribution is -0.113. The summed E-state index contributed by atoms with van der Waals surface area (Å²) in [7, 11) is 0. The summed E-state index contributed by atoms with van der Waals surface area (Å²) in [6, 6.07) is 8.09. The van der Waals surface area contributed by atoms with Crippen LogP contribution in [0.1, 0.15) is 11.4 Å². The Labute approximate surface area is 200 Å². The highest BCUT2D eigenvalue weighted by atomic mass is 79.9. The Morgan fingerprint density at radius 1 is 1.12 bits per heavy atom. The fraction of sp³-hybridized carbons (Fsp3) is 0.190. The predicted molar refractivity (Wildman–Crippen MR) is 125 cm³/mol. The van der Waals surface area contributed by atoms with Crippen molar-refractivity contribution < 1.29 is 18.0 Å². The first-order chi connectivity index (χ1) is 15.4. The van der Waals surface area contributed by atoms with Crippen LogP contribution >= 0.6 is 39.5 Å². The Balaban J connectivity index is 1.59. The normalized spacial score (nSPS) is 10.9. The molecule has 0 aliphatic rings. The van der Waals surface area contributed by atoms with E-state index in [0.717, 1.165) is 23.4 Å². The van der Waals surface area contributed by atoms with E-state index in [-0.39, 0.29) is 21.7 Å². The molecule has 0 radical (unpaired) electrons. The van der Waals surface area contributed by atoms with Crippen molar-refractivity contribution in [3.8, 4) is 0 Å². The highest BCUT2D eigenvalue weighted by Gasteiger charge is 2.16. The van der Waals surface area contributed by atoms with Crippen LogP contribution in [-0.2, 0) is 22.8 Å². The SMILES string of the molecule is C=CCn1c(CSCc2ccc(F)cc2)nnc1SCC(=O)Nc1c(F)cc(F)cc1Br. The Morgan fingerprint density at radius 3 is 2.56 bits per heavy atom. The molecule has 11 heteroatoms. The molecule has 1 N–H and O–H groups in total. The average Bonchev–Trinajstić information content (AvgIpc) is 3.12. The third-order valence-corrected chi connectivity index (χ3v) is 6.71. The number of hydrogen-bond donors (Lipinski definition) is 1. The van der Waals surface area contributed by atoms with Gasteiger partial charge in [-0.25, -0.2) is 13.2 Å². The van der Waals surface area contributed by atoms with E-state index in [0.29, 0.717) is 35.1 Å². The molecule has 0 saturated heterocycles. The van der Waals surface area contributed by atoms with Crippen LogP contribution in [0.5, 0.6) is 0 Å². The molecule has 0 fully saturated rings. The van der Waals surface area contributed by atoms with Gasteiger partial charge < -0.3 is 9.88 Å². The predicted octanol–water partition coefficient (Wildman–Crippen LogP) is 5.81. The number of hydrogen-bond acceptors (Lipinski definition) is 5. The van der Waals surface area contributed by atoms with Crippen molar-refractivity contribution in [3.63, 3.8) is 0 Å². The second-order valence-corrected chi connectivity index (χ2v) is 9.28. The van der Waals surface area contributed by atoms with Crippen LogP contribution in [0.3, 0.4) is 0 Å². The number of anilines is 1. The molecule has 0 spiro atoms. The maximum Gasteiger partial charge on any atom is 0.234 e. The summed E-state index contributed by atoms with van der Waals surface area (Å²) in [5, 5.41) is 11.3. The Hall–Kier alpha value is -2.24. The standard InChI is InChI=1S/C21H18BrF3N4OS2/c1-2-7-29-18(11-31-10-13-3-5-14(23)6-4-13)27-28-21(29)32-12-19(30)26-20-16(22)8-15(24)9-17(20)25/h2-6,8-9H,1,7,10-12H2,(H,26,30).